The second kappa shape index (κ2) is 7.11. The van der Waals surface area contributed by atoms with E-state index in [-0.39, 0.29) is 0 Å². The molecule has 0 fully saturated rings. The van der Waals surface area contributed by atoms with Gasteiger partial charge in [-0.05, 0) is 0 Å². The molecule has 0 saturated heterocycles. The average molecular weight is 536 g/mol. The third-order valence-corrected chi connectivity index (χ3v) is 5.91. The molecule has 30 heavy (non-hydrogen) atoms. The molecule has 0 radical (unpaired) electrons. The molecule has 0 aliphatic carbocycles. The topological polar surface area (TPSA) is 26.3 Å². The smallest absolute Gasteiger partial charge is 0.278 e. The Morgan fingerprint density at radius 1 is 0.467 bits per heavy atom. The Kier molecular flexibility index (Phi) is 6.93. The molecule has 182 valence electrons. The molecule has 0 atom stereocenters. The average Bonchev–Trinajstić information content (AvgIpc) is 2.50. The highest BCUT2D eigenvalue weighted by Crippen LogP contribution is 2.81. The predicted octanol–water partition coefficient (Wildman–Crippen LogP) is 7.29. The van der Waals surface area contributed by atoms with Crippen molar-refractivity contribution in [3.05, 3.63) is 0 Å². The molecule has 0 spiro atoms. The lowest BCUT2D eigenvalue weighted by molar-refractivity contribution is -0.391. The van der Waals surface area contributed by atoms with Gasteiger partial charge in [-0.3, -0.25) is 4.57 Å². The molecule has 2 nitrogen and oxygen atoms in total. The Labute approximate surface area is 155 Å². The molecule has 0 heterocycles. The summed E-state index contributed by atoms with van der Waals surface area (Å²) in [6, 6.07) is 0. The first kappa shape index (κ1) is 29.2. The van der Waals surface area contributed by atoms with Crippen LogP contribution in [0.3, 0.4) is 0 Å². The van der Waals surface area contributed by atoms with Gasteiger partial charge in [0.2, 0.25) is 0 Å². The summed E-state index contributed by atoms with van der Waals surface area (Å²) >= 11 is 3.58. The van der Waals surface area contributed by atoms with Crippen LogP contribution in [0.4, 0.5) is 79.0 Å². The lowest BCUT2D eigenvalue weighted by atomic mass is 10.1. The van der Waals surface area contributed by atoms with Crippen molar-refractivity contribution in [2.45, 2.75) is 47.4 Å². The van der Waals surface area contributed by atoms with E-state index in [9.17, 15) is 83.6 Å². The second-order valence-corrected chi connectivity index (χ2v) is 7.77. The lowest BCUT2D eigenvalue weighted by Gasteiger charge is -2.41. The number of hydrogen-bond acceptors (Lipinski definition) is 2. The van der Waals surface area contributed by atoms with Crippen LogP contribution in [0.1, 0.15) is 0 Å². The number of hydrogen-bond donors (Lipinski definition) is 0. The van der Waals surface area contributed by atoms with Crippen LogP contribution in [0.15, 0.2) is 0 Å². The molecule has 0 rings (SSSR count). The van der Waals surface area contributed by atoms with Crippen LogP contribution in [-0.4, -0.2) is 47.4 Å². The lowest BCUT2D eigenvalue weighted by Crippen LogP contribution is -2.65. The maximum absolute atomic E-state index is 13.4. The maximum Gasteiger partial charge on any atom is 0.460 e. The Morgan fingerprint density at radius 2 is 0.667 bits per heavy atom. The van der Waals surface area contributed by atoms with Gasteiger partial charge in [0.25, 0.3) is 0 Å². The Morgan fingerprint density at radius 3 is 0.800 bits per heavy atom. The third kappa shape index (κ3) is 3.40. The van der Waals surface area contributed by atoms with Gasteiger partial charge in [0, 0.05) is 0 Å². The summed E-state index contributed by atoms with van der Waals surface area (Å²) in [5, 5.41) is 0. The van der Waals surface area contributed by atoms with E-state index in [0.717, 1.165) is 0 Å². The van der Waals surface area contributed by atoms with Crippen molar-refractivity contribution in [2.75, 3.05) is 0 Å². The quantitative estimate of drug-likeness (QED) is 0.252. The number of rotatable bonds is 7. The minimum Gasteiger partial charge on any atom is -0.278 e. The van der Waals surface area contributed by atoms with Gasteiger partial charge in [-0.1, -0.05) is 0 Å². The molecule has 0 saturated carbocycles. The number of halogens is 19. The molecule has 0 aromatic rings. The van der Waals surface area contributed by atoms with Gasteiger partial charge in [0.1, 0.15) is 0 Å². The van der Waals surface area contributed by atoms with Gasteiger partial charge >= 0.3 is 54.7 Å². The summed E-state index contributed by atoms with van der Waals surface area (Å²) in [5.41, 5.74) is -16.8. The van der Waals surface area contributed by atoms with Crippen LogP contribution in [0.5, 0.6) is 0 Å². The Balaban J connectivity index is 7.08. The Bertz CT molecular complexity index is 637. The van der Waals surface area contributed by atoms with Gasteiger partial charge in [-0.25, -0.2) is 4.08 Å². The molecule has 0 bridgehead atoms. The fourth-order valence-electron chi connectivity index (χ4n) is 1.37. The highest BCUT2D eigenvalue weighted by atomic mass is 35.5. The summed E-state index contributed by atoms with van der Waals surface area (Å²) in [6.45, 7) is 0. The molecule has 0 unspecified atom stereocenters. The summed E-state index contributed by atoms with van der Waals surface area (Å²) < 4.78 is 241. The maximum atomic E-state index is 13.4. The van der Waals surface area contributed by atoms with Crippen molar-refractivity contribution in [1.29, 1.82) is 0 Å². The molecular weight excluding hydrogens is 536 g/mol. The van der Waals surface area contributed by atoms with Crippen molar-refractivity contribution in [3.63, 3.8) is 0 Å². The molecular formula is C8ClF18O2P. The van der Waals surface area contributed by atoms with E-state index in [0.29, 0.717) is 0 Å². The van der Waals surface area contributed by atoms with Crippen LogP contribution in [-0.2, 0) is 8.64 Å². The largest absolute Gasteiger partial charge is 0.460 e. The van der Waals surface area contributed by atoms with Crippen molar-refractivity contribution >= 4 is 19.2 Å². The van der Waals surface area contributed by atoms with Crippen molar-refractivity contribution in [2.24, 2.45) is 0 Å². The standard InChI is InChI=1S/C8ClF18O2P/c9-29-30(28,7(24,25)3(14,15)1(10,11)5(18,19)20)8(26,27)4(16,17)2(12,13)6(21,22)23. The molecule has 0 aromatic carbocycles. The third-order valence-electron chi connectivity index (χ3n) is 3.09. The molecule has 0 aliphatic rings. The first-order valence-corrected chi connectivity index (χ1v) is 7.80. The van der Waals surface area contributed by atoms with Gasteiger partial charge in [0.05, 0.1) is 11.9 Å². The summed E-state index contributed by atoms with van der Waals surface area (Å²) in [4.78, 5) is 0. The fourth-order valence-corrected chi connectivity index (χ4v) is 3.43. The van der Waals surface area contributed by atoms with Gasteiger partial charge in [0.15, 0.2) is 0 Å². The van der Waals surface area contributed by atoms with E-state index >= 15 is 0 Å². The molecule has 0 amide bonds. The summed E-state index contributed by atoms with van der Waals surface area (Å²) in [7, 11) is -9.54. The van der Waals surface area contributed by atoms with Gasteiger partial charge in [-0.15, -0.1) is 0 Å². The van der Waals surface area contributed by atoms with Crippen LogP contribution in [0.25, 0.3) is 0 Å². The SMILES string of the molecule is O=P(OCl)(C(F)(F)C(F)(F)C(F)(F)C(F)(F)F)C(F)(F)C(F)(F)C(F)(F)C(F)(F)F. The zero-order valence-electron chi connectivity index (χ0n) is 12.4. The predicted molar refractivity (Wildman–Crippen MR) is 56.3 cm³/mol. The van der Waals surface area contributed by atoms with E-state index in [2.05, 4.69) is 11.9 Å². The van der Waals surface area contributed by atoms with Crippen LogP contribution >= 0.6 is 19.2 Å². The van der Waals surface area contributed by atoms with Crippen molar-refractivity contribution < 1.29 is 87.7 Å². The summed E-state index contributed by atoms with van der Waals surface area (Å²) in [5.74, 6) is -33.3. The molecule has 22 heteroatoms. The van der Waals surface area contributed by atoms with E-state index in [1.54, 1.807) is 0 Å². The Hall–Kier alpha value is -0.780. The van der Waals surface area contributed by atoms with Crippen LogP contribution < -0.4 is 0 Å². The monoisotopic (exact) mass is 536 g/mol. The van der Waals surface area contributed by atoms with E-state index < -0.39 is 54.7 Å². The van der Waals surface area contributed by atoms with E-state index in [1.807, 2.05) is 4.08 Å². The molecule has 0 aromatic heterocycles. The summed E-state index contributed by atoms with van der Waals surface area (Å²) in [6.07, 6.45) is -15.6. The molecule has 0 N–H and O–H groups in total. The fraction of sp³-hybridized carbons (Fsp3) is 1.00. The highest BCUT2D eigenvalue weighted by Gasteiger charge is 2.95. The zero-order valence-corrected chi connectivity index (χ0v) is 14.1. The minimum atomic E-state index is -9.54. The zero-order chi connectivity index (χ0) is 25.2. The first-order chi connectivity index (χ1) is 12.6. The van der Waals surface area contributed by atoms with Crippen molar-refractivity contribution in [3.8, 4) is 0 Å². The van der Waals surface area contributed by atoms with Crippen LogP contribution in [0.2, 0.25) is 0 Å². The van der Waals surface area contributed by atoms with Crippen LogP contribution in [0, 0.1) is 0 Å². The van der Waals surface area contributed by atoms with Crippen molar-refractivity contribution in [1.82, 2.24) is 0 Å². The minimum absolute atomic E-state index is 1.82. The van der Waals surface area contributed by atoms with E-state index in [1.165, 1.54) is 0 Å². The molecule has 0 aliphatic heterocycles. The normalized spacial score (nSPS) is 16.8. The first-order valence-electron chi connectivity index (χ1n) is 5.87. The highest BCUT2D eigenvalue weighted by molar-refractivity contribution is 7.62. The number of alkyl halides is 18. The second-order valence-electron chi connectivity index (χ2n) is 5.00. The van der Waals surface area contributed by atoms with E-state index in [4.69, 9.17) is 0 Å². The van der Waals surface area contributed by atoms with Gasteiger partial charge < -0.3 is 0 Å². The van der Waals surface area contributed by atoms with Gasteiger partial charge in [-0.2, -0.15) is 79.0 Å².